The molecule has 0 heterocycles. The summed E-state index contributed by atoms with van der Waals surface area (Å²) in [7, 11) is 0. The standard InChI is InChI=1S/C12H24O3/c1-5-9-10(6-2)12(14,7-3)11(13)15-8-4/h10,14H,5-9H2,1-4H3. The third kappa shape index (κ3) is 3.49. The van der Waals surface area contributed by atoms with Gasteiger partial charge in [-0.2, -0.15) is 0 Å². The Morgan fingerprint density at radius 3 is 2.27 bits per heavy atom. The summed E-state index contributed by atoms with van der Waals surface area (Å²) in [6.07, 6.45) is 3.06. The van der Waals surface area contributed by atoms with Gasteiger partial charge in [0.15, 0.2) is 5.60 Å². The van der Waals surface area contributed by atoms with Crippen molar-refractivity contribution in [3.8, 4) is 0 Å². The van der Waals surface area contributed by atoms with Crippen LogP contribution in [0.4, 0.5) is 0 Å². The Bertz CT molecular complexity index is 191. The second-order valence-electron chi connectivity index (χ2n) is 3.89. The topological polar surface area (TPSA) is 46.5 Å². The van der Waals surface area contributed by atoms with Crippen molar-refractivity contribution in [3.63, 3.8) is 0 Å². The van der Waals surface area contributed by atoms with E-state index in [1.54, 1.807) is 6.92 Å². The Hall–Kier alpha value is -0.570. The molecule has 15 heavy (non-hydrogen) atoms. The fourth-order valence-electron chi connectivity index (χ4n) is 1.98. The minimum absolute atomic E-state index is 0.00606. The van der Waals surface area contributed by atoms with E-state index in [0.717, 1.165) is 19.3 Å². The molecular formula is C12H24O3. The van der Waals surface area contributed by atoms with Gasteiger partial charge in [0.05, 0.1) is 6.61 Å². The van der Waals surface area contributed by atoms with E-state index in [0.29, 0.717) is 13.0 Å². The molecule has 0 rings (SSSR count). The van der Waals surface area contributed by atoms with Crippen molar-refractivity contribution in [3.05, 3.63) is 0 Å². The Morgan fingerprint density at radius 2 is 1.93 bits per heavy atom. The number of carbonyl (C=O) groups is 1. The summed E-state index contributed by atoms with van der Waals surface area (Å²) in [6, 6.07) is 0. The number of aliphatic hydroxyl groups is 1. The van der Waals surface area contributed by atoms with Crippen LogP contribution in [-0.4, -0.2) is 23.3 Å². The van der Waals surface area contributed by atoms with Crippen LogP contribution in [0, 0.1) is 5.92 Å². The van der Waals surface area contributed by atoms with Crippen molar-refractivity contribution in [2.45, 2.75) is 59.0 Å². The molecule has 0 spiro atoms. The third-order valence-corrected chi connectivity index (χ3v) is 2.97. The van der Waals surface area contributed by atoms with Crippen molar-refractivity contribution in [1.29, 1.82) is 0 Å². The molecule has 3 nitrogen and oxygen atoms in total. The average molecular weight is 216 g/mol. The number of carbonyl (C=O) groups excluding carboxylic acids is 1. The molecule has 0 aromatic rings. The van der Waals surface area contributed by atoms with E-state index in [1.807, 2.05) is 13.8 Å². The van der Waals surface area contributed by atoms with Gasteiger partial charge in [-0.05, 0) is 32.1 Å². The lowest BCUT2D eigenvalue weighted by Crippen LogP contribution is -2.46. The maximum atomic E-state index is 11.7. The molecule has 3 heteroatoms. The van der Waals surface area contributed by atoms with E-state index in [4.69, 9.17) is 4.74 Å². The first kappa shape index (κ1) is 14.4. The van der Waals surface area contributed by atoms with Crippen molar-refractivity contribution < 1.29 is 14.6 Å². The van der Waals surface area contributed by atoms with E-state index in [1.165, 1.54) is 0 Å². The molecule has 0 aromatic carbocycles. The largest absolute Gasteiger partial charge is 0.464 e. The lowest BCUT2D eigenvalue weighted by Gasteiger charge is -2.32. The van der Waals surface area contributed by atoms with Crippen LogP contribution >= 0.6 is 0 Å². The predicted octanol–water partition coefficient (Wildman–Crippen LogP) is 2.52. The van der Waals surface area contributed by atoms with Gasteiger partial charge in [-0.3, -0.25) is 0 Å². The lowest BCUT2D eigenvalue weighted by atomic mass is 9.80. The molecular weight excluding hydrogens is 192 g/mol. The van der Waals surface area contributed by atoms with Gasteiger partial charge in [0.25, 0.3) is 0 Å². The second-order valence-corrected chi connectivity index (χ2v) is 3.89. The van der Waals surface area contributed by atoms with Crippen LogP contribution in [-0.2, 0) is 9.53 Å². The molecule has 0 fully saturated rings. The highest BCUT2D eigenvalue weighted by atomic mass is 16.5. The highest BCUT2D eigenvalue weighted by Gasteiger charge is 2.42. The summed E-state index contributed by atoms with van der Waals surface area (Å²) in [5, 5.41) is 10.3. The van der Waals surface area contributed by atoms with Crippen molar-refractivity contribution in [2.24, 2.45) is 5.92 Å². The molecule has 0 bridgehead atoms. The first-order valence-electron chi connectivity index (χ1n) is 5.96. The van der Waals surface area contributed by atoms with Crippen LogP contribution in [0.25, 0.3) is 0 Å². The van der Waals surface area contributed by atoms with Gasteiger partial charge >= 0.3 is 5.97 Å². The Balaban J connectivity index is 4.70. The minimum atomic E-state index is -1.29. The van der Waals surface area contributed by atoms with E-state index >= 15 is 0 Å². The van der Waals surface area contributed by atoms with E-state index < -0.39 is 11.6 Å². The molecule has 2 atom stereocenters. The summed E-state index contributed by atoms with van der Waals surface area (Å²) in [4.78, 5) is 11.7. The van der Waals surface area contributed by atoms with Crippen molar-refractivity contribution in [2.75, 3.05) is 6.61 Å². The summed E-state index contributed by atoms with van der Waals surface area (Å²) >= 11 is 0. The second kappa shape index (κ2) is 6.83. The van der Waals surface area contributed by atoms with Gasteiger partial charge in [-0.15, -0.1) is 0 Å². The minimum Gasteiger partial charge on any atom is -0.464 e. The number of rotatable bonds is 7. The van der Waals surface area contributed by atoms with Crippen LogP contribution < -0.4 is 0 Å². The highest BCUT2D eigenvalue weighted by molar-refractivity contribution is 5.79. The van der Waals surface area contributed by atoms with Crippen LogP contribution in [0.15, 0.2) is 0 Å². The Labute approximate surface area is 92.8 Å². The van der Waals surface area contributed by atoms with Gasteiger partial charge in [-0.1, -0.05) is 27.2 Å². The van der Waals surface area contributed by atoms with Crippen LogP contribution in [0.5, 0.6) is 0 Å². The molecule has 1 N–H and O–H groups in total. The lowest BCUT2D eigenvalue weighted by molar-refractivity contribution is -0.172. The van der Waals surface area contributed by atoms with Gasteiger partial charge < -0.3 is 9.84 Å². The maximum absolute atomic E-state index is 11.7. The smallest absolute Gasteiger partial charge is 0.338 e. The van der Waals surface area contributed by atoms with Gasteiger partial charge in [-0.25, -0.2) is 4.79 Å². The van der Waals surface area contributed by atoms with Crippen LogP contribution in [0.3, 0.4) is 0 Å². The van der Waals surface area contributed by atoms with Gasteiger partial charge in [0.1, 0.15) is 0 Å². The first-order valence-corrected chi connectivity index (χ1v) is 5.96. The number of hydrogen-bond acceptors (Lipinski definition) is 3. The van der Waals surface area contributed by atoms with Gasteiger partial charge in [0, 0.05) is 0 Å². The molecule has 0 aliphatic rings. The molecule has 0 aromatic heterocycles. The van der Waals surface area contributed by atoms with Crippen LogP contribution in [0.2, 0.25) is 0 Å². The molecule has 90 valence electrons. The Kier molecular flexibility index (Phi) is 6.57. The van der Waals surface area contributed by atoms with Crippen molar-refractivity contribution >= 4 is 5.97 Å². The quantitative estimate of drug-likeness (QED) is 0.665. The van der Waals surface area contributed by atoms with Gasteiger partial charge in [0.2, 0.25) is 0 Å². The summed E-state index contributed by atoms with van der Waals surface area (Å²) in [6.45, 7) is 7.97. The molecule has 2 unspecified atom stereocenters. The average Bonchev–Trinajstić information content (AvgIpc) is 2.25. The molecule has 0 aliphatic carbocycles. The maximum Gasteiger partial charge on any atom is 0.338 e. The highest BCUT2D eigenvalue weighted by Crippen LogP contribution is 2.29. The molecule has 0 saturated heterocycles. The van der Waals surface area contributed by atoms with Crippen molar-refractivity contribution in [1.82, 2.24) is 0 Å². The SMILES string of the molecule is CCCC(CC)C(O)(CC)C(=O)OCC. The monoisotopic (exact) mass is 216 g/mol. The van der Waals surface area contributed by atoms with E-state index in [2.05, 4.69) is 6.92 Å². The fourth-order valence-corrected chi connectivity index (χ4v) is 1.98. The summed E-state index contributed by atoms with van der Waals surface area (Å²) < 4.78 is 4.94. The number of hydrogen-bond donors (Lipinski definition) is 1. The fraction of sp³-hybridized carbons (Fsp3) is 0.917. The molecule has 0 aliphatic heterocycles. The summed E-state index contributed by atoms with van der Waals surface area (Å²) in [5.74, 6) is -0.459. The molecule has 0 saturated carbocycles. The molecule has 0 amide bonds. The number of esters is 1. The third-order valence-electron chi connectivity index (χ3n) is 2.97. The first-order chi connectivity index (χ1) is 7.06. The zero-order valence-electron chi connectivity index (χ0n) is 10.4. The van der Waals surface area contributed by atoms with E-state index in [-0.39, 0.29) is 5.92 Å². The summed E-state index contributed by atoms with van der Waals surface area (Å²) in [5.41, 5.74) is -1.29. The Morgan fingerprint density at radius 1 is 1.33 bits per heavy atom. The number of ether oxygens (including phenoxy) is 1. The molecule has 0 radical (unpaired) electrons. The zero-order valence-corrected chi connectivity index (χ0v) is 10.4. The zero-order chi connectivity index (χ0) is 11.9. The van der Waals surface area contributed by atoms with Crippen LogP contribution in [0.1, 0.15) is 53.4 Å². The predicted molar refractivity (Wildman–Crippen MR) is 60.6 cm³/mol. The van der Waals surface area contributed by atoms with E-state index in [9.17, 15) is 9.90 Å². The normalized spacial score (nSPS) is 16.9.